The molecule has 7 heteroatoms. The minimum atomic E-state index is -3.03. The Kier molecular flexibility index (Phi) is 5.31. The maximum atomic E-state index is 12.2. The fourth-order valence-corrected chi connectivity index (χ4v) is 4.96. The van der Waals surface area contributed by atoms with E-state index in [1.54, 1.807) is 14.0 Å². The summed E-state index contributed by atoms with van der Waals surface area (Å²) in [5.74, 6) is 0.786. The van der Waals surface area contributed by atoms with Crippen molar-refractivity contribution in [3.8, 4) is 5.75 Å². The Balaban J connectivity index is 1.87. The van der Waals surface area contributed by atoms with Crippen LogP contribution in [0.1, 0.15) is 18.9 Å². The van der Waals surface area contributed by atoms with E-state index in [1.165, 1.54) is 0 Å². The van der Waals surface area contributed by atoms with E-state index in [9.17, 15) is 13.2 Å². The van der Waals surface area contributed by atoms with Crippen LogP contribution >= 0.6 is 0 Å². The maximum Gasteiger partial charge on any atom is 0.234 e. The van der Waals surface area contributed by atoms with Gasteiger partial charge < -0.3 is 10.1 Å². The first-order valence-electron chi connectivity index (χ1n) is 7.54. The van der Waals surface area contributed by atoms with E-state index in [1.807, 2.05) is 36.2 Å². The lowest BCUT2D eigenvalue weighted by molar-refractivity contribution is -0.123. The van der Waals surface area contributed by atoms with Gasteiger partial charge in [0.1, 0.15) is 5.75 Å². The number of likely N-dealkylation sites (N-methyl/N-ethyl adjacent to an activating group) is 1. The van der Waals surface area contributed by atoms with Gasteiger partial charge >= 0.3 is 0 Å². The Hall–Kier alpha value is -1.60. The number of hydrogen-bond donors (Lipinski definition) is 1. The van der Waals surface area contributed by atoms with Crippen LogP contribution in [-0.4, -0.2) is 57.0 Å². The van der Waals surface area contributed by atoms with E-state index in [0.717, 1.165) is 11.3 Å². The Morgan fingerprint density at radius 2 is 2.17 bits per heavy atom. The number of nitrogens with zero attached hydrogens (tertiary/aromatic N) is 1. The molecule has 23 heavy (non-hydrogen) atoms. The van der Waals surface area contributed by atoms with Gasteiger partial charge in [0.25, 0.3) is 0 Å². The highest BCUT2D eigenvalue weighted by Crippen LogP contribution is 2.22. The summed E-state index contributed by atoms with van der Waals surface area (Å²) in [6.45, 7) is 2.62. The van der Waals surface area contributed by atoms with Crippen molar-refractivity contribution in [1.29, 1.82) is 0 Å². The van der Waals surface area contributed by atoms with E-state index in [0.29, 0.717) is 13.0 Å². The first kappa shape index (κ1) is 17.7. The van der Waals surface area contributed by atoms with Gasteiger partial charge in [0.2, 0.25) is 5.91 Å². The molecule has 2 rings (SSSR count). The minimum Gasteiger partial charge on any atom is -0.497 e. The van der Waals surface area contributed by atoms with Crippen molar-refractivity contribution >= 4 is 15.7 Å². The summed E-state index contributed by atoms with van der Waals surface area (Å²) in [6, 6.07) is 7.69. The highest BCUT2D eigenvalue weighted by atomic mass is 32.2. The fraction of sp³-hybridized carbons (Fsp3) is 0.562. The second-order valence-corrected chi connectivity index (χ2v) is 8.66. The van der Waals surface area contributed by atoms with Gasteiger partial charge in [-0.3, -0.25) is 9.69 Å². The first-order valence-corrected chi connectivity index (χ1v) is 9.36. The number of carbonyl (C=O) groups is 1. The fourth-order valence-electron chi connectivity index (χ4n) is 2.87. The molecule has 1 amide bonds. The van der Waals surface area contributed by atoms with Crippen molar-refractivity contribution in [2.75, 3.05) is 32.2 Å². The third kappa shape index (κ3) is 5.21. The molecule has 0 aliphatic carbocycles. The van der Waals surface area contributed by atoms with E-state index in [-0.39, 0.29) is 24.0 Å². The van der Waals surface area contributed by atoms with Crippen LogP contribution in [0.2, 0.25) is 0 Å². The van der Waals surface area contributed by atoms with Crippen LogP contribution in [0.25, 0.3) is 0 Å². The molecular formula is C16H24N2O4S. The Morgan fingerprint density at radius 1 is 1.43 bits per heavy atom. The second-order valence-electron chi connectivity index (χ2n) is 6.47. The van der Waals surface area contributed by atoms with E-state index >= 15 is 0 Å². The molecule has 128 valence electrons. The summed E-state index contributed by atoms with van der Waals surface area (Å²) in [5, 5.41) is 2.87. The van der Waals surface area contributed by atoms with Crippen molar-refractivity contribution in [1.82, 2.24) is 10.2 Å². The molecule has 1 fully saturated rings. The van der Waals surface area contributed by atoms with Gasteiger partial charge in [0.15, 0.2) is 9.84 Å². The van der Waals surface area contributed by atoms with Gasteiger partial charge in [0, 0.05) is 6.54 Å². The van der Waals surface area contributed by atoms with Crippen LogP contribution < -0.4 is 10.1 Å². The number of carbonyl (C=O) groups excluding carboxylic acids is 1. The number of benzene rings is 1. The molecule has 1 aliphatic heterocycles. The summed E-state index contributed by atoms with van der Waals surface area (Å²) < 4.78 is 28.3. The van der Waals surface area contributed by atoms with Crippen LogP contribution in [0.15, 0.2) is 24.3 Å². The van der Waals surface area contributed by atoms with Crippen molar-refractivity contribution in [3.05, 3.63) is 29.8 Å². The van der Waals surface area contributed by atoms with Gasteiger partial charge in [0.05, 0.1) is 30.7 Å². The minimum absolute atomic E-state index is 0.0192. The molecule has 1 atom stereocenters. The number of nitrogens with one attached hydrogen (secondary N) is 1. The summed E-state index contributed by atoms with van der Waals surface area (Å²) in [7, 11) is 0.445. The number of ether oxygens (including phenoxy) is 1. The highest BCUT2D eigenvalue weighted by Gasteiger charge is 2.39. The summed E-state index contributed by atoms with van der Waals surface area (Å²) >= 11 is 0. The molecule has 1 aromatic rings. The van der Waals surface area contributed by atoms with Crippen LogP contribution in [0.4, 0.5) is 0 Å². The molecule has 1 N–H and O–H groups in total. The molecule has 1 aromatic carbocycles. The van der Waals surface area contributed by atoms with E-state index < -0.39 is 15.4 Å². The molecule has 6 nitrogen and oxygen atoms in total. The predicted octanol–water partition coefficient (Wildman–Crippen LogP) is 0.820. The molecule has 0 bridgehead atoms. The average molecular weight is 340 g/mol. The Labute approximate surface area is 137 Å². The lowest BCUT2D eigenvalue weighted by Gasteiger charge is -2.25. The summed E-state index contributed by atoms with van der Waals surface area (Å²) in [5.41, 5.74) is 0.404. The molecule has 0 spiro atoms. The van der Waals surface area contributed by atoms with Crippen molar-refractivity contribution in [3.63, 3.8) is 0 Å². The molecule has 0 unspecified atom stereocenters. The highest BCUT2D eigenvalue weighted by molar-refractivity contribution is 7.91. The van der Waals surface area contributed by atoms with Gasteiger partial charge in [-0.2, -0.15) is 0 Å². The lowest BCUT2D eigenvalue weighted by Crippen LogP contribution is -2.49. The quantitative estimate of drug-likeness (QED) is 0.830. The number of sulfone groups is 1. The third-order valence-corrected chi connectivity index (χ3v) is 5.85. The zero-order valence-corrected chi connectivity index (χ0v) is 14.6. The largest absolute Gasteiger partial charge is 0.497 e. The van der Waals surface area contributed by atoms with Crippen LogP contribution in [0.3, 0.4) is 0 Å². The predicted molar refractivity (Wildman–Crippen MR) is 89.1 cm³/mol. The van der Waals surface area contributed by atoms with Gasteiger partial charge in [-0.15, -0.1) is 0 Å². The zero-order valence-electron chi connectivity index (χ0n) is 13.8. The smallest absolute Gasteiger partial charge is 0.234 e. The lowest BCUT2D eigenvalue weighted by atomic mass is 10.0. The molecule has 1 aliphatic rings. The van der Waals surface area contributed by atoms with Crippen LogP contribution in [0.5, 0.6) is 5.75 Å². The number of hydrogen-bond acceptors (Lipinski definition) is 5. The van der Waals surface area contributed by atoms with Crippen molar-refractivity contribution < 1.29 is 17.9 Å². The monoisotopic (exact) mass is 340 g/mol. The first-order chi connectivity index (χ1) is 10.7. The molecule has 0 saturated carbocycles. The molecule has 0 radical (unpaired) electrons. The van der Waals surface area contributed by atoms with Gasteiger partial charge in [-0.1, -0.05) is 12.1 Å². The topological polar surface area (TPSA) is 75.7 Å². The van der Waals surface area contributed by atoms with Crippen LogP contribution in [0, 0.1) is 0 Å². The van der Waals surface area contributed by atoms with Crippen molar-refractivity contribution in [2.45, 2.75) is 25.4 Å². The second kappa shape index (κ2) is 6.88. The molecular weight excluding hydrogens is 316 g/mol. The SMILES string of the molecule is COc1cccc(CN(C)CC(=O)N[C@]2(C)CCS(=O)(=O)C2)c1. The van der Waals surface area contributed by atoms with Gasteiger partial charge in [-0.05, 0) is 38.1 Å². The van der Waals surface area contributed by atoms with Crippen molar-refractivity contribution in [2.24, 2.45) is 0 Å². The van der Waals surface area contributed by atoms with Gasteiger partial charge in [-0.25, -0.2) is 8.42 Å². The molecule has 1 heterocycles. The van der Waals surface area contributed by atoms with E-state index in [2.05, 4.69) is 5.32 Å². The summed E-state index contributed by atoms with van der Waals surface area (Å²) in [6.07, 6.45) is 0.473. The molecule has 0 aromatic heterocycles. The Morgan fingerprint density at radius 3 is 2.78 bits per heavy atom. The Bertz CT molecular complexity index is 674. The third-order valence-electron chi connectivity index (χ3n) is 3.94. The number of amides is 1. The van der Waals surface area contributed by atoms with Crippen LogP contribution in [-0.2, 0) is 21.2 Å². The summed E-state index contributed by atoms with van der Waals surface area (Å²) in [4.78, 5) is 14.1. The maximum absolute atomic E-state index is 12.2. The molecule has 1 saturated heterocycles. The number of rotatable bonds is 6. The van der Waals surface area contributed by atoms with E-state index in [4.69, 9.17) is 4.74 Å². The standard InChI is InChI=1S/C16H24N2O4S/c1-16(7-8-23(20,21)12-16)17-15(19)11-18(2)10-13-5-4-6-14(9-13)22-3/h4-6,9H,7-8,10-12H2,1-3H3,(H,17,19)/t16-/m1/s1. The number of methoxy groups -OCH3 is 1. The average Bonchev–Trinajstić information content (AvgIpc) is 2.71. The normalized spacial score (nSPS) is 23.0. The zero-order chi connectivity index (χ0) is 17.1.